The smallest absolute Gasteiger partial charge is 0.250 e. The first kappa shape index (κ1) is 14.5. The number of amides is 2. The van der Waals surface area contributed by atoms with Gasteiger partial charge in [-0.25, -0.2) is 0 Å². The predicted molar refractivity (Wildman–Crippen MR) is 71.7 cm³/mol. The number of carbonyl (C=O) groups excluding carboxylic acids is 2. The van der Waals surface area contributed by atoms with E-state index in [-0.39, 0.29) is 17.2 Å². The monoisotopic (exact) mass is 250 g/mol. The van der Waals surface area contributed by atoms with Crippen LogP contribution in [0.15, 0.2) is 24.4 Å². The van der Waals surface area contributed by atoms with Crippen molar-refractivity contribution in [1.29, 1.82) is 0 Å². The topological polar surface area (TPSA) is 49.4 Å². The molecule has 0 unspecified atom stereocenters. The molecular formula is C14H22N2O2. The molecular weight excluding hydrogens is 228 g/mol. The molecule has 18 heavy (non-hydrogen) atoms. The summed E-state index contributed by atoms with van der Waals surface area (Å²) in [7, 11) is 0. The van der Waals surface area contributed by atoms with Gasteiger partial charge in [-0.15, -0.1) is 0 Å². The molecule has 100 valence electrons. The number of carbonyl (C=O) groups is 2. The van der Waals surface area contributed by atoms with E-state index in [4.69, 9.17) is 0 Å². The standard InChI is InChI=1S/C14H22N2O2/c1-9-7-10(2)16(8-9)13(18)12(14(4,5)6)15-11(3)17/h12H,1-2,7-8H2,3-6H3,(H,15,17)/t12-/m1/s1. The lowest BCUT2D eigenvalue weighted by Crippen LogP contribution is -2.53. The van der Waals surface area contributed by atoms with Crippen LogP contribution in [0.2, 0.25) is 0 Å². The fourth-order valence-electron chi connectivity index (χ4n) is 2.02. The second-order valence-corrected chi connectivity index (χ2v) is 5.92. The first-order valence-corrected chi connectivity index (χ1v) is 6.06. The van der Waals surface area contributed by atoms with Gasteiger partial charge in [-0.1, -0.05) is 39.5 Å². The highest BCUT2D eigenvalue weighted by atomic mass is 16.2. The molecule has 1 saturated heterocycles. The van der Waals surface area contributed by atoms with Crippen LogP contribution in [0, 0.1) is 5.41 Å². The fraction of sp³-hybridized carbons (Fsp3) is 0.571. The van der Waals surface area contributed by atoms with Gasteiger partial charge in [0, 0.05) is 25.6 Å². The molecule has 0 spiro atoms. The molecule has 0 bridgehead atoms. The van der Waals surface area contributed by atoms with E-state index in [2.05, 4.69) is 18.5 Å². The van der Waals surface area contributed by atoms with Crippen LogP contribution in [0.4, 0.5) is 0 Å². The molecule has 0 radical (unpaired) electrons. The minimum Gasteiger partial charge on any atom is -0.344 e. The van der Waals surface area contributed by atoms with Gasteiger partial charge in [0.25, 0.3) is 0 Å². The third-order valence-electron chi connectivity index (χ3n) is 2.94. The maximum Gasteiger partial charge on any atom is 0.250 e. The van der Waals surface area contributed by atoms with Crippen molar-refractivity contribution in [3.8, 4) is 0 Å². The Balaban J connectivity index is 2.93. The molecule has 2 amide bonds. The molecule has 1 aliphatic rings. The quantitative estimate of drug-likeness (QED) is 0.760. The van der Waals surface area contributed by atoms with E-state index in [9.17, 15) is 9.59 Å². The van der Waals surface area contributed by atoms with Crippen LogP contribution in [-0.4, -0.2) is 29.3 Å². The zero-order valence-corrected chi connectivity index (χ0v) is 11.7. The van der Waals surface area contributed by atoms with Gasteiger partial charge in [0.1, 0.15) is 6.04 Å². The van der Waals surface area contributed by atoms with Crippen LogP contribution in [0.1, 0.15) is 34.1 Å². The number of rotatable bonds is 2. The van der Waals surface area contributed by atoms with Gasteiger partial charge in [-0.2, -0.15) is 0 Å². The van der Waals surface area contributed by atoms with Crippen molar-refractivity contribution in [2.45, 2.75) is 40.2 Å². The SMILES string of the molecule is C=C1CC(=C)N(C(=O)[C@@H](NC(C)=O)C(C)(C)C)C1. The average molecular weight is 250 g/mol. The molecule has 1 N–H and O–H groups in total. The molecule has 1 fully saturated rings. The van der Waals surface area contributed by atoms with Crippen molar-refractivity contribution in [2.75, 3.05) is 6.54 Å². The number of nitrogens with one attached hydrogen (secondary N) is 1. The summed E-state index contributed by atoms with van der Waals surface area (Å²) < 4.78 is 0. The zero-order valence-electron chi connectivity index (χ0n) is 11.7. The molecule has 0 aromatic heterocycles. The van der Waals surface area contributed by atoms with Gasteiger partial charge < -0.3 is 10.2 Å². The number of hydrogen-bond donors (Lipinski definition) is 1. The zero-order chi connectivity index (χ0) is 14.1. The Morgan fingerprint density at radius 2 is 1.89 bits per heavy atom. The van der Waals surface area contributed by atoms with Gasteiger partial charge in [0.05, 0.1) is 0 Å². The van der Waals surface area contributed by atoms with E-state index in [1.165, 1.54) is 6.92 Å². The maximum atomic E-state index is 12.5. The minimum absolute atomic E-state index is 0.110. The van der Waals surface area contributed by atoms with Crippen LogP contribution >= 0.6 is 0 Å². The van der Waals surface area contributed by atoms with Crippen LogP contribution in [0.3, 0.4) is 0 Å². The molecule has 4 nitrogen and oxygen atoms in total. The van der Waals surface area contributed by atoms with Crippen molar-refractivity contribution in [3.63, 3.8) is 0 Å². The number of allylic oxidation sites excluding steroid dienone is 1. The summed E-state index contributed by atoms with van der Waals surface area (Å²) in [6, 6.07) is -0.544. The third kappa shape index (κ3) is 3.22. The van der Waals surface area contributed by atoms with Gasteiger partial charge in [0.15, 0.2) is 0 Å². The van der Waals surface area contributed by atoms with Crippen LogP contribution in [-0.2, 0) is 9.59 Å². The lowest BCUT2D eigenvalue weighted by molar-refractivity contribution is -0.136. The molecule has 4 heteroatoms. The number of nitrogens with zero attached hydrogens (tertiary/aromatic N) is 1. The highest BCUT2D eigenvalue weighted by Gasteiger charge is 2.37. The average Bonchev–Trinajstić information content (AvgIpc) is 2.51. The van der Waals surface area contributed by atoms with E-state index in [0.717, 1.165) is 11.3 Å². The fourth-order valence-corrected chi connectivity index (χ4v) is 2.02. The Bertz CT molecular complexity index is 405. The molecule has 1 heterocycles. The molecule has 1 rings (SSSR count). The highest BCUT2D eigenvalue weighted by Crippen LogP contribution is 2.28. The van der Waals surface area contributed by atoms with Crippen LogP contribution in [0.25, 0.3) is 0 Å². The highest BCUT2D eigenvalue weighted by molar-refractivity contribution is 5.89. The Kier molecular flexibility index (Phi) is 3.99. The molecule has 0 saturated carbocycles. The van der Waals surface area contributed by atoms with Crippen LogP contribution < -0.4 is 5.32 Å². The lowest BCUT2D eigenvalue weighted by Gasteiger charge is -2.33. The Morgan fingerprint density at radius 1 is 1.33 bits per heavy atom. The Hall–Kier alpha value is -1.58. The second-order valence-electron chi connectivity index (χ2n) is 5.92. The van der Waals surface area contributed by atoms with Crippen molar-refractivity contribution >= 4 is 11.8 Å². The predicted octanol–water partition coefficient (Wildman–Crippen LogP) is 1.84. The van der Waals surface area contributed by atoms with Crippen molar-refractivity contribution < 1.29 is 9.59 Å². The van der Waals surface area contributed by atoms with Crippen molar-refractivity contribution in [1.82, 2.24) is 10.2 Å². The normalized spacial score (nSPS) is 17.9. The molecule has 0 aromatic carbocycles. The molecule has 0 aromatic rings. The summed E-state index contributed by atoms with van der Waals surface area (Å²) in [5, 5.41) is 2.73. The van der Waals surface area contributed by atoms with E-state index < -0.39 is 6.04 Å². The van der Waals surface area contributed by atoms with E-state index in [0.29, 0.717) is 13.0 Å². The summed E-state index contributed by atoms with van der Waals surface area (Å²) in [4.78, 5) is 25.4. The Morgan fingerprint density at radius 3 is 2.22 bits per heavy atom. The lowest BCUT2D eigenvalue weighted by atomic mass is 9.85. The first-order valence-electron chi connectivity index (χ1n) is 6.06. The molecule has 1 atom stereocenters. The van der Waals surface area contributed by atoms with E-state index in [1.807, 2.05) is 20.8 Å². The summed E-state index contributed by atoms with van der Waals surface area (Å²) in [5.74, 6) is -0.312. The summed E-state index contributed by atoms with van der Waals surface area (Å²) in [6.07, 6.45) is 0.655. The minimum atomic E-state index is -0.544. The van der Waals surface area contributed by atoms with Gasteiger partial charge in [-0.05, 0) is 5.41 Å². The summed E-state index contributed by atoms with van der Waals surface area (Å²) >= 11 is 0. The third-order valence-corrected chi connectivity index (χ3v) is 2.94. The summed E-state index contributed by atoms with van der Waals surface area (Å²) in [6.45, 7) is 15.5. The Labute approximate surface area is 109 Å². The second kappa shape index (κ2) is 4.96. The van der Waals surface area contributed by atoms with Crippen LogP contribution in [0.5, 0.6) is 0 Å². The number of likely N-dealkylation sites (tertiary alicyclic amines) is 1. The largest absolute Gasteiger partial charge is 0.344 e. The van der Waals surface area contributed by atoms with E-state index >= 15 is 0 Å². The van der Waals surface area contributed by atoms with Gasteiger partial charge in [0.2, 0.25) is 11.8 Å². The number of hydrogen-bond acceptors (Lipinski definition) is 2. The van der Waals surface area contributed by atoms with E-state index in [1.54, 1.807) is 4.90 Å². The maximum absolute atomic E-state index is 12.5. The first-order chi connectivity index (χ1) is 8.12. The van der Waals surface area contributed by atoms with Gasteiger partial charge in [-0.3, -0.25) is 9.59 Å². The molecule has 0 aliphatic carbocycles. The molecule has 1 aliphatic heterocycles. The van der Waals surface area contributed by atoms with Gasteiger partial charge >= 0.3 is 0 Å². The summed E-state index contributed by atoms with van der Waals surface area (Å²) in [5.41, 5.74) is 1.39. The van der Waals surface area contributed by atoms with Crippen molar-refractivity contribution in [3.05, 3.63) is 24.4 Å². The van der Waals surface area contributed by atoms with Crippen molar-refractivity contribution in [2.24, 2.45) is 5.41 Å².